The lowest BCUT2D eigenvalue weighted by atomic mass is 9.90. The van der Waals surface area contributed by atoms with Crippen LogP contribution in [0.15, 0.2) is 45.6 Å². The van der Waals surface area contributed by atoms with Gasteiger partial charge in [-0.3, -0.25) is 9.59 Å². The maximum atomic E-state index is 11.4. The summed E-state index contributed by atoms with van der Waals surface area (Å²) in [5.41, 5.74) is 17.2. The molecule has 0 fully saturated rings. The van der Waals surface area contributed by atoms with Crippen LogP contribution in [0.1, 0.15) is 53.4 Å². The molecule has 0 spiro atoms. The molecule has 5 heteroatoms. The summed E-state index contributed by atoms with van der Waals surface area (Å²) in [5, 5.41) is 0. The minimum Gasteiger partial charge on any atom is -0.326 e. The summed E-state index contributed by atoms with van der Waals surface area (Å²) in [4.78, 5) is 22.9. The number of halogens is 1. The van der Waals surface area contributed by atoms with Crippen LogP contribution in [-0.2, 0) is 9.59 Å². The number of ketones is 2. The fraction of sp³-hybridized carbons (Fsp3) is 0.500. The molecular formula is C20H31ClN2O2. The van der Waals surface area contributed by atoms with Gasteiger partial charge in [-0.2, -0.15) is 0 Å². The van der Waals surface area contributed by atoms with Crippen LogP contribution < -0.4 is 11.5 Å². The molecule has 2 aliphatic carbocycles. The van der Waals surface area contributed by atoms with E-state index in [9.17, 15) is 9.59 Å². The number of carbonyl (C=O) groups excluding carboxylic acids is 2. The van der Waals surface area contributed by atoms with Crippen molar-refractivity contribution < 1.29 is 9.59 Å². The van der Waals surface area contributed by atoms with Gasteiger partial charge in [0.2, 0.25) is 0 Å². The number of hydrogen-bond donors (Lipinski definition) is 2. The molecule has 0 bridgehead atoms. The van der Waals surface area contributed by atoms with Crippen LogP contribution in [0.5, 0.6) is 0 Å². The Labute approximate surface area is 157 Å². The van der Waals surface area contributed by atoms with Crippen molar-refractivity contribution in [1.82, 2.24) is 0 Å². The summed E-state index contributed by atoms with van der Waals surface area (Å²) in [6.07, 6.45) is 7.07. The lowest BCUT2D eigenvalue weighted by molar-refractivity contribution is -0.115. The Kier molecular flexibility index (Phi) is 10.5. The van der Waals surface area contributed by atoms with Crippen molar-refractivity contribution in [2.24, 2.45) is 11.5 Å². The normalized spacial score (nSPS) is 17.5. The van der Waals surface area contributed by atoms with E-state index in [2.05, 4.69) is 12.2 Å². The molecule has 0 aromatic carbocycles. The van der Waals surface area contributed by atoms with Crippen molar-refractivity contribution in [3.8, 4) is 0 Å². The molecule has 2 aliphatic rings. The lowest BCUT2D eigenvalue weighted by Crippen LogP contribution is -2.18. The monoisotopic (exact) mass is 366 g/mol. The van der Waals surface area contributed by atoms with Gasteiger partial charge in [0.1, 0.15) is 0 Å². The van der Waals surface area contributed by atoms with Crippen molar-refractivity contribution in [2.75, 3.05) is 13.1 Å². The minimum atomic E-state index is 0. The van der Waals surface area contributed by atoms with Crippen molar-refractivity contribution >= 4 is 24.0 Å². The SMILES string of the molecule is CCC1=C(CN)C(=O)CC(C)=C1.CCC1=C(CN)C(=O)CC(C)=C1.Cl. The van der Waals surface area contributed by atoms with E-state index in [4.69, 9.17) is 11.5 Å². The topological polar surface area (TPSA) is 86.2 Å². The fourth-order valence-corrected chi connectivity index (χ4v) is 3.07. The second kappa shape index (κ2) is 11.2. The number of allylic oxidation sites excluding steroid dienone is 6. The van der Waals surface area contributed by atoms with Gasteiger partial charge in [-0.05, 0) is 37.8 Å². The van der Waals surface area contributed by atoms with E-state index in [-0.39, 0.29) is 24.0 Å². The maximum Gasteiger partial charge on any atom is 0.164 e. The summed E-state index contributed by atoms with van der Waals surface area (Å²) in [5.74, 6) is 0.406. The summed E-state index contributed by atoms with van der Waals surface area (Å²) in [6, 6.07) is 0. The lowest BCUT2D eigenvalue weighted by Gasteiger charge is -2.15. The van der Waals surface area contributed by atoms with E-state index in [0.29, 0.717) is 25.9 Å². The number of nitrogens with two attached hydrogens (primary N) is 2. The van der Waals surface area contributed by atoms with E-state index in [1.165, 1.54) is 0 Å². The van der Waals surface area contributed by atoms with Gasteiger partial charge in [-0.15, -0.1) is 12.4 Å². The first-order valence-electron chi connectivity index (χ1n) is 8.62. The Morgan fingerprint density at radius 3 is 1.36 bits per heavy atom. The predicted molar refractivity (Wildman–Crippen MR) is 107 cm³/mol. The third-order valence-electron chi connectivity index (χ3n) is 4.34. The molecule has 0 saturated heterocycles. The van der Waals surface area contributed by atoms with Crippen molar-refractivity contribution in [1.29, 1.82) is 0 Å². The third-order valence-corrected chi connectivity index (χ3v) is 4.34. The number of hydrogen-bond acceptors (Lipinski definition) is 4. The number of Topliss-reactive ketones (excluding diaryl/α,β-unsaturated/α-hetero) is 2. The Balaban J connectivity index is 0.000000443. The van der Waals surface area contributed by atoms with Gasteiger partial charge in [-0.1, -0.05) is 37.1 Å². The number of carbonyl (C=O) groups is 2. The van der Waals surface area contributed by atoms with Crippen LogP contribution in [0.2, 0.25) is 0 Å². The molecule has 0 saturated carbocycles. The van der Waals surface area contributed by atoms with E-state index < -0.39 is 0 Å². The molecule has 2 rings (SSSR count). The molecule has 140 valence electrons. The fourth-order valence-electron chi connectivity index (χ4n) is 3.07. The van der Waals surface area contributed by atoms with Gasteiger partial charge in [0.15, 0.2) is 11.6 Å². The molecule has 0 aliphatic heterocycles. The second-order valence-corrected chi connectivity index (χ2v) is 6.30. The summed E-state index contributed by atoms with van der Waals surface area (Å²) in [6.45, 7) is 8.83. The first-order chi connectivity index (χ1) is 11.4. The summed E-state index contributed by atoms with van der Waals surface area (Å²) < 4.78 is 0. The highest BCUT2D eigenvalue weighted by atomic mass is 35.5. The van der Waals surface area contributed by atoms with Gasteiger partial charge in [-0.25, -0.2) is 0 Å². The van der Waals surface area contributed by atoms with Crippen LogP contribution in [-0.4, -0.2) is 24.7 Å². The van der Waals surface area contributed by atoms with E-state index >= 15 is 0 Å². The second-order valence-electron chi connectivity index (χ2n) is 6.30. The van der Waals surface area contributed by atoms with Gasteiger partial charge >= 0.3 is 0 Å². The van der Waals surface area contributed by atoms with Crippen LogP contribution in [0, 0.1) is 0 Å². The first-order valence-corrected chi connectivity index (χ1v) is 8.62. The van der Waals surface area contributed by atoms with E-state index in [0.717, 1.165) is 46.3 Å². The first kappa shape index (κ1) is 23.5. The quantitative estimate of drug-likeness (QED) is 0.796. The van der Waals surface area contributed by atoms with Crippen LogP contribution in [0.4, 0.5) is 0 Å². The third kappa shape index (κ3) is 6.38. The zero-order valence-electron chi connectivity index (χ0n) is 15.8. The Hall–Kier alpha value is -1.49. The van der Waals surface area contributed by atoms with Crippen LogP contribution in [0.25, 0.3) is 0 Å². The molecule has 0 amide bonds. The Morgan fingerprint density at radius 2 is 1.12 bits per heavy atom. The molecule has 0 aromatic rings. The zero-order valence-corrected chi connectivity index (χ0v) is 16.6. The molecule has 0 unspecified atom stereocenters. The molecule has 0 radical (unpaired) electrons. The number of rotatable bonds is 4. The van der Waals surface area contributed by atoms with Crippen LogP contribution >= 0.6 is 12.4 Å². The highest BCUT2D eigenvalue weighted by Crippen LogP contribution is 2.23. The van der Waals surface area contributed by atoms with Gasteiger partial charge in [0, 0.05) is 37.1 Å². The zero-order chi connectivity index (χ0) is 18.3. The highest BCUT2D eigenvalue weighted by molar-refractivity contribution is 6.00. The van der Waals surface area contributed by atoms with E-state index in [1.807, 2.05) is 27.7 Å². The standard InChI is InChI=1S/2C10H15NO.ClH/c2*1-3-8-4-7(2)5-10(12)9(8)6-11;/h2*4H,3,5-6,11H2,1-2H3;1H. The molecule has 4 nitrogen and oxygen atoms in total. The van der Waals surface area contributed by atoms with Gasteiger partial charge in [0.25, 0.3) is 0 Å². The van der Waals surface area contributed by atoms with E-state index in [1.54, 1.807) is 0 Å². The van der Waals surface area contributed by atoms with Crippen molar-refractivity contribution in [2.45, 2.75) is 53.4 Å². The average Bonchev–Trinajstić information content (AvgIpc) is 2.54. The minimum absolute atomic E-state index is 0. The van der Waals surface area contributed by atoms with Crippen molar-refractivity contribution in [3.05, 3.63) is 45.6 Å². The smallest absolute Gasteiger partial charge is 0.164 e. The molecule has 0 atom stereocenters. The summed E-state index contributed by atoms with van der Waals surface area (Å²) in [7, 11) is 0. The molecule has 0 aromatic heterocycles. The maximum absolute atomic E-state index is 11.4. The average molecular weight is 367 g/mol. The Morgan fingerprint density at radius 1 is 0.800 bits per heavy atom. The van der Waals surface area contributed by atoms with Gasteiger partial charge < -0.3 is 11.5 Å². The largest absolute Gasteiger partial charge is 0.326 e. The molecule has 25 heavy (non-hydrogen) atoms. The molecular weight excluding hydrogens is 336 g/mol. The molecule has 0 heterocycles. The van der Waals surface area contributed by atoms with Gasteiger partial charge in [0.05, 0.1) is 0 Å². The Bertz CT molecular complexity index is 584. The van der Waals surface area contributed by atoms with Crippen LogP contribution in [0.3, 0.4) is 0 Å². The summed E-state index contributed by atoms with van der Waals surface area (Å²) >= 11 is 0. The predicted octanol–water partition coefficient (Wildman–Crippen LogP) is 3.56. The highest BCUT2D eigenvalue weighted by Gasteiger charge is 2.17. The molecule has 4 N–H and O–H groups in total. The van der Waals surface area contributed by atoms with Crippen molar-refractivity contribution in [3.63, 3.8) is 0 Å².